The van der Waals surface area contributed by atoms with Gasteiger partial charge in [0.25, 0.3) is 11.1 Å². The predicted molar refractivity (Wildman–Crippen MR) is 128 cm³/mol. The van der Waals surface area contributed by atoms with Gasteiger partial charge in [-0.25, -0.2) is 0 Å². The summed E-state index contributed by atoms with van der Waals surface area (Å²) in [6.07, 6.45) is 1.70. The number of para-hydroxylation sites is 1. The van der Waals surface area contributed by atoms with Gasteiger partial charge < -0.3 is 4.74 Å². The van der Waals surface area contributed by atoms with Gasteiger partial charge in [-0.3, -0.25) is 14.5 Å². The smallest absolute Gasteiger partial charge is 0.293 e. The zero-order valence-corrected chi connectivity index (χ0v) is 19.4. The molecule has 0 unspecified atom stereocenters. The number of halogens is 2. The van der Waals surface area contributed by atoms with Crippen molar-refractivity contribution in [2.24, 2.45) is 0 Å². The number of nitrogens with zero attached hydrogens (tertiary/aromatic N) is 1. The van der Waals surface area contributed by atoms with Crippen molar-refractivity contribution >= 4 is 56.5 Å². The van der Waals surface area contributed by atoms with Gasteiger partial charge in [-0.05, 0) is 47.7 Å². The van der Waals surface area contributed by atoms with Crippen LogP contribution in [0.2, 0.25) is 5.02 Å². The first-order valence-corrected chi connectivity index (χ1v) is 11.4. The van der Waals surface area contributed by atoms with Gasteiger partial charge in [0.15, 0.2) is 0 Å². The summed E-state index contributed by atoms with van der Waals surface area (Å²) in [6.45, 7) is 0.537. The maximum absolute atomic E-state index is 12.9. The Bertz CT molecular complexity index is 1160. The number of rotatable bonds is 6. The van der Waals surface area contributed by atoms with Gasteiger partial charge in [0, 0.05) is 20.6 Å². The minimum absolute atomic E-state index is 0.236. The van der Waals surface area contributed by atoms with E-state index in [-0.39, 0.29) is 17.7 Å². The topological polar surface area (TPSA) is 46.6 Å². The van der Waals surface area contributed by atoms with Crippen LogP contribution in [0.4, 0.5) is 4.79 Å². The molecule has 4 rings (SSSR count). The van der Waals surface area contributed by atoms with Crippen LogP contribution in [0.1, 0.15) is 16.7 Å². The second-order valence-electron chi connectivity index (χ2n) is 6.81. The van der Waals surface area contributed by atoms with Crippen molar-refractivity contribution in [3.05, 3.63) is 104 Å². The maximum atomic E-state index is 12.9. The SMILES string of the molecule is O=C1S/C(=C\c2ccccc2OCc2ccccc2Cl)C(=O)N1Cc1ccc(Br)cc1. The molecule has 7 heteroatoms. The molecule has 0 aromatic heterocycles. The fraction of sp³-hybridized carbons (Fsp3) is 0.0833. The Labute approximate surface area is 198 Å². The number of hydrogen-bond acceptors (Lipinski definition) is 4. The van der Waals surface area contributed by atoms with Crippen molar-refractivity contribution in [1.29, 1.82) is 0 Å². The number of imide groups is 1. The summed E-state index contributed by atoms with van der Waals surface area (Å²) in [4.78, 5) is 27.0. The zero-order valence-electron chi connectivity index (χ0n) is 16.3. The van der Waals surface area contributed by atoms with E-state index in [0.717, 1.165) is 32.9 Å². The first-order valence-electron chi connectivity index (χ1n) is 9.46. The Morgan fingerprint density at radius 2 is 1.68 bits per heavy atom. The van der Waals surface area contributed by atoms with Crippen LogP contribution in [0.3, 0.4) is 0 Å². The molecule has 3 aromatic carbocycles. The van der Waals surface area contributed by atoms with Crippen molar-refractivity contribution in [2.75, 3.05) is 0 Å². The van der Waals surface area contributed by atoms with Gasteiger partial charge in [0.2, 0.25) is 0 Å². The van der Waals surface area contributed by atoms with Gasteiger partial charge in [-0.2, -0.15) is 0 Å². The second-order valence-corrected chi connectivity index (χ2v) is 9.13. The molecular formula is C24H17BrClNO3S. The normalized spacial score (nSPS) is 15.0. The third-order valence-electron chi connectivity index (χ3n) is 4.67. The number of carbonyl (C=O) groups excluding carboxylic acids is 2. The number of ether oxygens (including phenoxy) is 1. The highest BCUT2D eigenvalue weighted by Gasteiger charge is 2.35. The summed E-state index contributed by atoms with van der Waals surface area (Å²) in [7, 11) is 0. The molecule has 0 bridgehead atoms. The van der Waals surface area contributed by atoms with Crippen LogP contribution < -0.4 is 4.74 Å². The first kappa shape index (κ1) is 21.7. The number of benzene rings is 3. The predicted octanol–water partition coefficient (Wildman–Crippen LogP) is 6.92. The lowest BCUT2D eigenvalue weighted by molar-refractivity contribution is -0.123. The lowest BCUT2D eigenvalue weighted by Crippen LogP contribution is -2.27. The van der Waals surface area contributed by atoms with E-state index >= 15 is 0 Å². The van der Waals surface area contributed by atoms with E-state index in [9.17, 15) is 9.59 Å². The van der Waals surface area contributed by atoms with Gasteiger partial charge in [0.05, 0.1) is 11.4 Å². The van der Waals surface area contributed by atoms with E-state index < -0.39 is 0 Å². The van der Waals surface area contributed by atoms with Gasteiger partial charge in [-0.15, -0.1) is 0 Å². The summed E-state index contributed by atoms with van der Waals surface area (Å²) >= 11 is 10.5. The van der Waals surface area contributed by atoms with Crippen molar-refractivity contribution in [3.63, 3.8) is 0 Å². The Morgan fingerprint density at radius 1 is 0.968 bits per heavy atom. The molecule has 0 atom stereocenters. The Morgan fingerprint density at radius 3 is 2.45 bits per heavy atom. The van der Waals surface area contributed by atoms with Crippen LogP contribution in [0.25, 0.3) is 6.08 Å². The van der Waals surface area contributed by atoms with Crippen LogP contribution >= 0.6 is 39.3 Å². The molecule has 0 radical (unpaired) electrons. The summed E-state index contributed by atoms with van der Waals surface area (Å²) in [5.74, 6) is 0.306. The average Bonchev–Trinajstić information content (AvgIpc) is 3.03. The van der Waals surface area contributed by atoms with Crippen LogP contribution in [0.5, 0.6) is 5.75 Å². The van der Waals surface area contributed by atoms with Crippen LogP contribution in [0, 0.1) is 0 Å². The molecule has 2 amide bonds. The molecule has 3 aromatic rings. The minimum Gasteiger partial charge on any atom is -0.488 e. The van der Waals surface area contributed by atoms with Gasteiger partial charge >= 0.3 is 0 Å². The van der Waals surface area contributed by atoms with Gasteiger partial charge in [0.1, 0.15) is 12.4 Å². The van der Waals surface area contributed by atoms with E-state index in [1.807, 2.05) is 72.8 Å². The fourth-order valence-electron chi connectivity index (χ4n) is 3.05. The van der Waals surface area contributed by atoms with Crippen molar-refractivity contribution in [2.45, 2.75) is 13.2 Å². The molecule has 1 aliphatic rings. The molecule has 31 heavy (non-hydrogen) atoms. The molecular weight excluding hydrogens is 498 g/mol. The Balaban J connectivity index is 1.52. The third-order valence-corrected chi connectivity index (χ3v) is 6.48. The van der Waals surface area contributed by atoms with Crippen LogP contribution in [-0.2, 0) is 17.9 Å². The maximum Gasteiger partial charge on any atom is 0.293 e. The molecule has 0 saturated carbocycles. The van der Waals surface area contributed by atoms with Crippen molar-refractivity contribution < 1.29 is 14.3 Å². The summed E-state index contributed by atoms with van der Waals surface area (Å²) in [6, 6.07) is 22.4. The average molecular weight is 515 g/mol. The highest BCUT2D eigenvalue weighted by Crippen LogP contribution is 2.35. The lowest BCUT2D eigenvalue weighted by atomic mass is 10.1. The minimum atomic E-state index is -0.307. The van der Waals surface area contributed by atoms with Crippen LogP contribution in [0.15, 0.2) is 82.2 Å². The van der Waals surface area contributed by atoms with Gasteiger partial charge in [-0.1, -0.05) is 76.1 Å². The van der Waals surface area contributed by atoms with Crippen molar-refractivity contribution in [3.8, 4) is 5.75 Å². The van der Waals surface area contributed by atoms with E-state index in [4.69, 9.17) is 16.3 Å². The molecule has 1 aliphatic heterocycles. The van der Waals surface area contributed by atoms with Crippen LogP contribution in [-0.4, -0.2) is 16.0 Å². The molecule has 4 nitrogen and oxygen atoms in total. The molecule has 1 fully saturated rings. The quantitative estimate of drug-likeness (QED) is 0.335. The summed E-state index contributed by atoms with van der Waals surface area (Å²) < 4.78 is 6.90. The van der Waals surface area contributed by atoms with E-state index in [1.165, 1.54) is 4.90 Å². The van der Waals surface area contributed by atoms with Crippen molar-refractivity contribution in [1.82, 2.24) is 4.90 Å². The van der Waals surface area contributed by atoms with E-state index in [1.54, 1.807) is 6.08 Å². The lowest BCUT2D eigenvalue weighted by Gasteiger charge is -2.12. The molecule has 1 heterocycles. The highest BCUT2D eigenvalue weighted by atomic mass is 79.9. The molecule has 0 aliphatic carbocycles. The number of amides is 2. The second kappa shape index (κ2) is 9.73. The summed E-state index contributed by atoms with van der Waals surface area (Å²) in [5.41, 5.74) is 2.48. The number of thioether (sulfide) groups is 1. The molecule has 0 N–H and O–H groups in total. The Kier molecular flexibility index (Phi) is 6.80. The molecule has 156 valence electrons. The number of carbonyl (C=O) groups is 2. The monoisotopic (exact) mass is 513 g/mol. The Hall–Kier alpha value is -2.54. The first-order chi connectivity index (χ1) is 15.0. The zero-order chi connectivity index (χ0) is 21.8. The fourth-order valence-corrected chi connectivity index (χ4v) is 4.34. The highest BCUT2D eigenvalue weighted by molar-refractivity contribution is 9.10. The summed E-state index contributed by atoms with van der Waals surface area (Å²) in [5, 5.41) is 0.350. The van der Waals surface area contributed by atoms with E-state index in [0.29, 0.717) is 22.3 Å². The molecule has 1 saturated heterocycles. The third kappa shape index (κ3) is 5.21. The molecule has 0 spiro atoms. The standard InChI is InChI=1S/C24H17BrClNO3S/c25-19-11-9-16(10-12-19)14-27-23(28)22(31-24(27)29)13-17-5-2-4-8-21(17)30-15-18-6-1-3-7-20(18)26/h1-13H,14-15H2/b22-13-. The number of hydrogen-bond donors (Lipinski definition) is 0. The largest absolute Gasteiger partial charge is 0.488 e. The van der Waals surface area contributed by atoms with E-state index in [2.05, 4.69) is 15.9 Å².